The molecular formula is C21H40Na2O3. The molecule has 0 amide bonds. The van der Waals surface area contributed by atoms with Crippen LogP contribution < -0.4 is 69.3 Å². The smallest absolute Gasteiger partial charge is 0.854 e. The molecule has 0 aliphatic heterocycles. The molecule has 1 unspecified atom stereocenters. The van der Waals surface area contributed by atoms with Crippen LogP contribution in [0.25, 0.3) is 0 Å². The van der Waals surface area contributed by atoms with Gasteiger partial charge in [-0.15, -0.1) is 6.61 Å². The minimum atomic E-state index is -1.27. The summed E-state index contributed by atoms with van der Waals surface area (Å²) in [6.07, 6.45) is 18.5. The zero-order valence-corrected chi connectivity index (χ0v) is 22.0. The van der Waals surface area contributed by atoms with E-state index in [2.05, 4.69) is 6.92 Å². The maximum absolute atomic E-state index is 11.4. The van der Waals surface area contributed by atoms with Gasteiger partial charge in [-0.05, 0) is 6.42 Å². The molecule has 1 atom stereocenters. The molecule has 0 heterocycles. The average Bonchev–Trinajstić information content (AvgIpc) is 2.58. The predicted octanol–water partition coefficient (Wildman–Crippen LogP) is -1.70. The monoisotopic (exact) mass is 386 g/mol. The van der Waals surface area contributed by atoms with Crippen LogP contribution in [0.15, 0.2) is 0 Å². The van der Waals surface area contributed by atoms with Gasteiger partial charge in [0.25, 0.3) is 0 Å². The summed E-state index contributed by atoms with van der Waals surface area (Å²) in [7, 11) is 0. The normalized spacial score (nSPS) is 11.5. The number of hydrogen-bond donors (Lipinski definition) is 0. The van der Waals surface area contributed by atoms with Crippen LogP contribution in [-0.4, -0.2) is 18.5 Å². The van der Waals surface area contributed by atoms with E-state index in [9.17, 15) is 15.0 Å². The molecule has 0 aromatic rings. The van der Waals surface area contributed by atoms with Gasteiger partial charge in [-0.3, -0.25) is 0 Å². The molecule has 0 radical (unpaired) electrons. The Labute approximate surface area is 207 Å². The summed E-state index contributed by atoms with van der Waals surface area (Å²) in [5.41, 5.74) is 0. The van der Waals surface area contributed by atoms with E-state index in [4.69, 9.17) is 0 Å². The maximum atomic E-state index is 11.4. The van der Waals surface area contributed by atoms with E-state index >= 15 is 0 Å². The maximum Gasteiger partial charge on any atom is 1.00 e. The molecule has 0 bridgehead atoms. The summed E-state index contributed by atoms with van der Waals surface area (Å²) in [6, 6.07) is 0. The predicted molar refractivity (Wildman–Crippen MR) is 97.8 cm³/mol. The fourth-order valence-corrected chi connectivity index (χ4v) is 3.10. The molecular weight excluding hydrogens is 346 g/mol. The Morgan fingerprint density at radius 2 is 1.04 bits per heavy atom. The number of hydrogen-bond acceptors (Lipinski definition) is 3. The van der Waals surface area contributed by atoms with Crippen molar-refractivity contribution in [1.82, 2.24) is 0 Å². The van der Waals surface area contributed by atoms with Gasteiger partial charge in [0.05, 0.1) is 0 Å². The van der Waals surface area contributed by atoms with Crippen LogP contribution in [0.5, 0.6) is 0 Å². The second kappa shape index (κ2) is 26.6. The van der Waals surface area contributed by atoms with Crippen LogP contribution in [0.3, 0.4) is 0 Å². The van der Waals surface area contributed by atoms with E-state index in [0.29, 0.717) is 6.42 Å². The molecule has 0 aliphatic carbocycles. The Balaban J connectivity index is -0.00000264. The van der Waals surface area contributed by atoms with E-state index in [0.717, 1.165) is 19.3 Å². The van der Waals surface area contributed by atoms with Crippen molar-refractivity contribution in [3.05, 3.63) is 0 Å². The third-order valence-corrected chi connectivity index (χ3v) is 4.77. The van der Waals surface area contributed by atoms with Crippen LogP contribution in [0.4, 0.5) is 0 Å². The van der Waals surface area contributed by atoms with Crippen molar-refractivity contribution in [2.24, 2.45) is 0 Å². The molecule has 0 saturated carbocycles. The van der Waals surface area contributed by atoms with Crippen molar-refractivity contribution >= 4 is 5.78 Å². The number of Topliss-reactive ketones (excluding diaryl/α,β-unsaturated/α-hetero) is 1. The average molecular weight is 387 g/mol. The van der Waals surface area contributed by atoms with E-state index in [1.54, 1.807) is 0 Å². The van der Waals surface area contributed by atoms with E-state index < -0.39 is 12.7 Å². The van der Waals surface area contributed by atoms with Crippen LogP contribution in [-0.2, 0) is 4.79 Å². The van der Waals surface area contributed by atoms with Crippen molar-refractivity contribution in [3.8, 4) is 0 Å². The Kier molecular flexibility index (Phi) is 33.0. The third-order valence-electron chi connectivity index (χ3n) is 4.77. The minimum absolute atomic E-state index is 0. The zero-order valence-electron chi connectivity index (χ0n) is 18.0. The van der Waals surface area contributed by atoms with Crippen molar-refractivity contribution in [2.45, 2.75) is 122 Å². The molecule has 0 aromatic carbocycles. The van der Waals surface area contributed by atoms with Gasteiger partial charge < -0.3 is 15.0 Å². The fraction of sp³-hybridized carbons (Fsp3) is 0.952. The Hall–Kier alpha value is 1.59. The second-order valence-corrected chi connectivity index (χ2v) is 7.15. The molecule has 0 rings (SSSR count). The number of ketones is 1. The molecule has 0 N–H and O–H groups in total. The van der Waals surface area contributed by atoms with Crippen LogP contribution >= 0.6 is 0 Å². The Morgan fingerprint density at radius 1 is 0.692 bits per heavy atom. The van der Waals surface area contributed by atoms with Gasteiger partial charge in [0.15, 0.2) is 0 Å². The molecule has 26 heavy (non-hydrogen) atoms. The van der Waals surface area contributed by atoms with E-state index in [1.807, 2.05) is 0 Å². The van der Waals surface area contributed by atoms with Crippen molar-refractivity contribution < 1.29 is 74.1 Å². The molecule has 0 spiro atoms. The quantitative estimate of drug-likeness (QED) is 0.196. The van der Waals surface area contributed by atoms with Crippen molar-refractivity contribution in [3.63, 3.8) is 0 Å². The number of unbranched alkanes of at least 4 members (excludes halogenated alkanes) is 14. The first-order chi connectivity index (χ1) is 11.7. The van der Waals surface area contributed by atoms with Gasteiger partial charge in [-0.25, -0.2) is 0 Å². The molecule has 3 nitrogen and oxygen atoms in total. The third kappa shape index (κ3) is 23.6. The largest absolute Gasteiger partial charge is 1.00 e. The summed E-state index contributed by atoms with van der Waals surface area (Å²) < 4.78 is 0. The SMILES string of the molecule is CCCCCCCCCCCCCCCCCC(=O)C([O-])CC[O-].[Na+].[Na+]. The van der Waals surface area contributed by atoms with E-state index in [-0.39, 0.29) is 71.3 Å². The van der Waals surface area contributed by atoms with Gasteiger partial charge in [0, 0.05) is 6.42 Å². The van der Waals surface area contributed by atoms with Gasteiger partial charge >= 0.3 is 59.1 Å². The van der Waals surface area contributed by atoms with Gasteiger partial charge in [0.2, 0.25) is 0 Å². The molecule has 0 saturated heterocycles. The number of carbonyl (C=O) groups is 1. The molecule has 0 aromatic heterocycles. The number of carbonyl (C=O) groups excluding carboxylic acids is 1. The van der Waals surface area contributed by atoms with Gasteiger partial charge in [0.1, 0.15) is 5.78 Å². The van der Waals surface area contributed by atoms with Crippen molar-refractivity contribution in [1.29, 1.82) is 0 Å². The fourth-order valence-electron chi connectivity index (χ4n) is 3.10. The van der Waals surface area contributed by atoms with Crippen LogP contribution in [0.2, 0.25) is 0 Å². The molecule has 5 heteroatoms. The van der Waals surface area contributed by atoms with Crippen LogP contribution in [0, 0.1) is 0 Å². The number of rotatable bonds is 19. The van der Waals surface area contributed by atoms with E-state index in [1.165, 1.54) is 77.0 Å². The summed E-state index contributed by atoms with van der Waals surface area (Å²) in [5, 5.41) is 21.6. The first-order valence-corrected chi connectivity index (χ1v) is 10.5. The molecule has 0 aliphatic rings. The summed E-state index contributed by atoms with van der Waals surface area (Å²) in [6.45, 7) is 1.83. The van der Waals surface area contributed by atoms with Gasteiger partial charge in [-0.1, -0.05) is 109 Å². The minimum Gasteiger partial charge on any atom is -0.854 e. The molecule has 144 valence electrons. The molecule has 0 fully saturated rings. The summed E-state index contributed by atoms with van der Waals surface area (Å²) >= 11 is 0. The standard InChI is InChI=1S/C21H40O3.2Na/c1-2-3-4-5-6-7-8-9-10-11-12-13-14-15-16-17-20(23)21(24)18-19-22;;/h21H,2-19H2,1H3;;/q-2;2*+1. The first-order valence-electron chi connectivity index (χ1n) is 10.5. The van der Waals surface area contributed by atoms with Crippen LogP contribution in [0.1, 0.15) is 116 Å². The second-order valence-electron chi connectivity index (χ2n) is 7.15. The Morgan fingerprint density at radius 3 is 1.38 bits per heavy atom. The Bertz CT molecular complexity index is 276. The summed E-state index contributed by atoms with van der Waals surface area (Å²) in [4.78, 5) is 11.4. The summed E-state index contributed by atoms with van der Waals surface area (Å²) in [5.74, 6) is -0.263. The van der Waals surface area contributed by atoms with Gasteiger partial charge in [-0.2, -0.15) is 0 Å². The van der Waals surface area contributed by atoms with Crippen molar-refractivity contribution in [2.75, 3.05) is 6.61 Å². The first kappa shape index (κ1) is 32.3. The topological polar surface area (TPSA) is 63.2 Å². The zero-order chi connectivity index (χ0) is 17.9.